The molecule has 0 aliphatic heterocycles. The third kappa shape index (κ3) is 3.48. The Labute approximate surface area is 119 Å². The second-order valence-corrected chi connectivity index (χ2v) is 5.69. The normalized spacial score (nSPS) is 15.1. The van der Waals surface area contributed by atoms with E-state index in [0.717, 1.165) is 18.4 Å². The fourth-order valence-corrected chi connectivity index (χ4v) is 2.87. The number of aryl methyl sites for hydroxylation is 2. The molecule has 1 aliphatic rings. The van der Waals surface area contributed by atoms with Gasteiger partial charge in [-0.25, -0.2) is 0 Å². The van der Waals surface area contributed by atoms with Gasteiger partial charge < -0.3 is 9.64 Å². The van der Waals surface area contributed by atoms with E-state index in [2.05, 4.69) is 6.07 Å². The highest BCUT2D eigenvalue weighted by atomic mass is 35.5. The molecule has 1 unspecified atom stereocenters. The highest BCUT2D eigenvalue weighted by molar-refractivity contribution is 6.21. The zero-order chi connectivity index (χ0) is 13.8. The van der Waals surface area contributed by atoms with Gasteiger partial charge in [-0.15, -0.1) is 11.6 Å². The number of methoxy groups -OCH3 is 1. The number of fused-ring (bicyclic) bond motifs is 1. The van der Waals surface area contributed by atoms with Crippen LogP contribution in [-0.2, 0) is 17.6 Å². The summed E-state index contributed by atoms with van der Waals surface area (Å²) in [6, 6.07) is 6.03. The van der Waals surface area contributed by atoms with Crippen molar-refractivity contribution in [1.82, 2.24) is 4.90 Å². The molecule has 3 nitrogen and oxygen atoms in total. The van der Waals surface area contributed by atoms with Crippen LogP contribution in [0.15, 0.2) is 18.2 Å². The number of alkyl halides is 1. The van der Waals surface area contributed by atoms with E-state index in [4.69, 9.17) is 16.3 Å². The molecule has 0 saturated carbocycles. The van der Waals surface area contributed by atoms with Gasteiger partial charge in [0, 0.05) is 26.3 Å². The SMILES string of the molecule is COCC(Cl)CN(C)C(=O)c1ccc2c(c1)CCC2. The fourth-order valence-electron chi connectivity index (χ4n) is 2.54. The number of carbonyl (C=O) groups is 1. The van der Waals surface area contributed by atoms with Crippen LogP contribution >= 0.6 is 11.6 Å². The summed E-state index contributed by atoms with van der Waals surface area (Å²) in [5.41, 5.74) is 3.46. The van der Waals surface area contributed by atoms with E-state index in [1.807, 2.05) is 12.1 Å². The molecule has 0 fully saturated rings. The van der Waals surface area contributed by atoms with Crippen molar-refractivity contribution in [2.45, 2.75) is 24.6 Å². The summed E-state index contributed by atoms with van der Waals surface area (Å²) in [6.45, 7) is 0.939. The van der Waals surface area contributed by atoms with Crippen molar-refractivity contribution in [3.05, 3.63) is 34.9 Å². The summed E-state index contributed by atoms with van der Waals surface area (Å²) < 4.78 is 4.98. The number of ether oxygens (including phenoxy) is 1. The highest BCUT2D eigenvalue weighted by Crippen LogP contribution is 2.23. The molecule has 1 aliphatic carbocycles. The molecule has 0 saturated heterocycles. The Morgan fingerprint density at radius 3 is 2.89 bits per heavy atom. The first-order valence-electron chi connectivity index (χ1n) is 6.62. The van der Waals surface area contributed by atoms with Crippen LogP contribution in [0.4, 0.5) is 0 Å². The maximum absolute atomic E-state index is 12.3. The predicted octanol–water partition coefficient (Wildman–Crippen LogP) is 2.50. The number of nitrogens with zero attached hydrogens (tertiary/aromatic N) is 1. The molecule has 19 heavy (non-hydrogen) atoms. The average Bonchev–Trinajstić information content (AvgIpc) is 2.85. The molecule has 0 heterocycles. The Balaban J connectivity index is 2.02. The number of carbonyl (C=O) groups excluding carboxylic acids is 1. The van der Waals surface area contributed by atoms with Crippen LogP contribution in [0.5, 0.6) is 0 Å². The number of halogens is 1. The van der Waals surface area contributed by atoms with Gasteiger partial charge in [-0.3, -0.25) is 4.79 Å². The van der Waals surface area contributed by atoms with E-state index in [0.29, 0.717) is 13.2 Å². The van der Waals surface area contributed by atoms with Crippen LogP contribution in [0.1, 0.15) is 27.9 Å². The minimum absolute atomic E-state index is 0.0245. The lowest BCUT2D eigenvalue weighted by Crippen LogP contribution is -2.34. The number of hydrogen-bond acceptors (Lipinski definition) is 2. The zero-order valence-corrected chi connectivity index (χ0v) is 12.2. The highest BCUT2D eigenvalue weighted by Gasteiger charge is 2.18. The molecule has 4 heteroatoms. The fraction of sp³-hybridized carbons (Fsp3) is 0.533. The second-order valence-electron chi connectivity index (χ2n) is 5.08. The van der Waals surface area contributed by atoms with Gasteiger partial charge in [0.15, 0.2) is 0 Å². The molecule has 0 N–H and O–H groups in total. The molecule has 1 aromatic rings. The Bertz CT molecular complexity index is 461. The van der Waals surface area contributed by atoms with Crippen molar-refractivity contribution in [1.29, 1.82) is 0 Å². The molecule has 0 radical (unpaired) electrons. The van der Waals surface area contributed by atoms with Crippen LogP contribution in [0, 0.1) is 0 Å². The van der Waals surface area contributed by atoms with E-state index in [1.165, 1.54) is 17.5 Å². The van der Waals surface area contributed by atoms with Crippen LogP contribution in [0.2, 0.25) is 0 Å². The van der Waals surface area contributed by atoms with Crippen molar-refractivity contribution in [2.24, 2.45) is 0 Å². The molecule has 1 atom stereocenters. The molecule has 104 valence electrons. The maximum atomic E-state index is 12.3. The molecule has 2 rings (SSSR count). The first-order valence-corrected chi connectivity index (χ1v) is 7.05. The first-order chi connectivity index (χ1) is 9.11. The van der Waals surface area contributed by atoms with Crippen LogP contribution in [0.3, 0.4) is 0 Å². The summed E-state index contributed by atoms with van der Waals surface area (Å²) in [6.07, 6.45) is 3.42. The van der Waals surface area contributed by atoms with Crippen molar-refractivity contribution < 1.29 is 9.53 Å². The lowest BCUT2D eigenvalue weighted by Gasteiger charge is -2.20. The lowest BCUT2D eigenvalue weighted by atomic mass is 10.1. The molecule has 1 aromatic carbocycles. The monoisotopic (exact) mass is 281 g/mol. The van der Waals surface area contributed by atoms with E-state index in [1.54, 1.807) is 19.1 Å². The van der Waals surface area contributed by atoms with E-state index in [-0.39, 0.29) is 11.3 Å². The van der Waals surface area contributed by atoms with Crippen molar-refractivity contribution >= 4 is 17.5 Å². The van der Waals surface area contributed by atoms with E-state index >= 15 is 0 Å². The van der Waals surface area contributed by atoms with E-state index in [9.17, 15) is 4.79 Å². The quantitative estimate of drug-likeness (QED) is 0.776. The van der Waals surface area contributed by atoms with Gasteiger partial charge in [-0.2, -0.15) is 0 Å². The lowest BCUT2D eigenvalue weighted by molar-refractivity contribution is 0.0781. The van der Waals surface area contributed by atoms with Gasteiger partial charge in [0.05, 0.1) is 12.0 Å². The Hall–Kier alpha value is -1.06. The summed E-state index contributed by atoms with van der Waals surface area (Å²) in [5.74, 6) is 0.0245. The maximum Gasteiger partial charge on any atom is 0.253 e. The first kappa shape index (κ1) is 14.4. The molecule has 1 amide bonds. The molecular weight excluding hydrogens is 262 g/mol. The van der Waals surface area contributed by atoms with Crippen molar-refractivity contribution in [3.63, 3.8) is 0 Å². The van der Waals surface area contributed by atoms with Gasteiger partial charge in [0.2, 0.25) is 0 Å². The van der Waals surface area contributed by atoms with Crippen LogP contribution in [-0.4, -0.2) is 43.5 Å². The van der Waals surface area contributed by atoms with Gasteiger partial charge in [-0.05, 0) is 42.5 Å². The minimum atomic E-state index is -0.173. The Morgan fingerprint density at radius 1 is 1.42 bits per heavy atom. The molecule has 0 bridgehead atoms. The standard InChI is InChI=1S/C15H20ClNO2/c1-17(9-14(16)10-19-2)15(18)13-7-6-11-4-3-5-12(11)8-13/h6-8,14H,3-5,9-10H2,1-2H3. The molecule has 0 spiro atoms. The van der Waals surface area contributed by atoms with Gasteiger partial charge in [-0.1, -0.05) is 6.07 Å². The average molecular weight is 282 g/mol. The van der Waals surface area contributed by atoms with Crippen molar-refractivity contribution in [3.8, 4) is 0 Å². The topological polar surface area (TPSA) is 29.5 Å². The predicted molar refractivity (Wildman–Crippen MR) is 76.9 cm³/mol. The minimum Gasteiger partial charge on any atom is -0.383 e. The summed E-state index contributed by atoms with van der Waals surface area (Å²) in [5, 5.41) is -0.173. The van der Waals surface area contributed by atoms with Gasteiger partial charge >= 0.3 is 0 Å². The number of amides is 1. The largest absolute Gasteiger partial charge is 0.383 e. The Morgan fingerprint density at radius 2 is 2.16 bits per heavy atom. The van der Waals surface area contributed by atoms with Crippen LogP contribution < -0.4 is 0 Å². The zero-order valence-electron chi connectivity index (χ0n) is 11.5. The number of benzene rings is 1. The van der Waals surface area contributed by atoms with Crippen molar-refractivity contribution in [2.75, 3.05) is 27.3 Å². The molecular formula is C15H20ClNO2. The number of rotatable bonds is 5. The summed E-state index contributed by atoms with van der Waals surface area (Å²) in [4.78, 5) is 14.0. The van der Waals surface area contributed by atoms with Crippen LogP contribution in [0.25, 0.3) is 0 Å². The smallest absolute Gasteiger partial charge is 0.253 e. The van der Waals surface area contributed by atoms with E-state index < -0.39 is 0 Å². The molecule has 0 aromatic heterocycles. The van der Waals surface area contributed by atoms with Gasteiger partial charge in [0.25, 0.3) is 5.91 Å². The Kier molecular flexibility index (Phi) is 4.83. The summed E-state index contributed by atoms with van der Waals surface area (Å²) in [7, 11) is 3.39. The third-order valence-electron chi connectivity index (χ3n) is 3.51. The third-order valence-corrected chi connectivity index (χ3v) is 3.78. The van der Waals surface area contributed by atoms with Gasteiger partial charge in [0.1, 0.15) is 0 Å². The summed E-state index contributed by atoms with van der Waals surface area (Å²) >= 11 is 6.08. The number of hydrogen-bond donors (Lipinski definition) is 0. The second kappa shape index (κ2) is 6.40.